The van der Waals surface area contributed by atoms with E-state index in [0.29, 0.717) is 48.5 Å². The first-order chi connectivity index (χ1) is 15.1. The number of hydrogen-bond acceptors (Lipinski definition) is 5. The molecule has 4 rings (SSSR count). The van der Waals surface area contributed by atoms with E-state index < -0.39 is 0 Å². The van der Waals surface area contributed by atoms with E-state index in [2.05, 4.69) is 15.6 Å². The van der Waals surface area contributed by atoms with Gasteiger partial charge in [-0.1, -0.05) is 6.07 Å². The van der Waals surface area contributed by atoms with Gasteiger partial charge in [0, 0.05) is 42.8 Å². The van der Waals surface area contributed by atoms with Gasteiger partial charge < -0.3 is 20.0 Å². The molecule has 8 nitrogen and oxygen atoms in total. The van der Waals surface area contributed by atoms with Gasteiger partial charge in [-0.3, -0.25) is 19.4 Å². The first-order valence-electron chi connectivity index (χ1n) is 10.1. The van der Waals surface area contributed by atoms with Crippen LogP contribution in [0.5, 0.6) is 0 Å². The number of hydrogen-bond donors (Lipinski definition) is 2. The second-order valence-corrected chi connectivity index (χ2v) is 7.29. The zero-order valence-corrected chi connectivity index (χ0v) is 16.8. The van der Waals surface area contributed by atoms with Crippen LogP contribution >= 0.6 is 0 Å². The Kier molecular flexibility index (Phi) is 6.07. The van der Waals surface area contributed by atoms with Crippen LogP contribution in [0.15, 0.2) is 71.6 Å². The number of amides is 3. The van der Waals surface area contributed by atoms with Crippen LogP contribution in [0.25, 0.3) is 0 Å². The summed E-state index contributed by atoms with van der Waals surface area (Å²) in [5.41, 5.74) is 1.42. The summed E-state index contributed by atoms with van der Waals surface area (Å²) in [4.78, 5) is 43.0. The maximum Gasteiger partial charge on any atom is 0.289 e. The third-order valence-electron chi connectivity index (χ3n) is 5.16. The molecular weight excluding hydrogens is 396 g/mol. The molecule has 2 aromatic heterocycles. The molecule has 1 aliphatic heterocycles. The molecule has 0 radical (unpaired) electrons. The highest BCUT2D eigenvalue weighted by atomic mass is 16.3. The summed E-state index contributed by atoms with van der Waals surface area (Å²) in [5, 5.41) is 5.80. The second kappa shape index (κ2) is 9.25. The number of carbonyl (C=O) groups is 3. The monoisotopic (exact) mass is 418 g/mol. The summed E-state index contributed by atoms with van der Waals surface area (Å²) in [5.74, 6) is -0.313. The Balaban J connectivity index is 1.31. The lowest BCUT2D eigenvalue weighted by Gasteiger charge is -2.31. The Bertz CT molecular complexity index is 1060. The first-order valence-corrected chi connectivity index (χ1v) is 10.1. The summed E-state index contributed by atoms with van der Waals surface area (Å²) in [6.45, 7) is 1.09. The number of benzene rings is 1. The third kappa shape index (κ3) is 4.98. The Labute approximate surface area is 179 Å². The van der Waals surface area contributed by atoms with Crippen LogP contribution in [0, 0.1) is 0 Å². The Morgan fingerprint density at radius 1 is 0.968 bits per heavy atom. The molecule has 1 aromatic carbocycles. The van der Waals surface area contributed by atoms with Gasteiger partial charge >= 0.3 is 0 Å². The van der Waals surface area contributed by atoms with Crippen molar-refractivity contribution < 1.29 is 18.8 Å². The molecule has 0 spiro atoms. The van der Waals surface area contributed by atoms with Gasteiger partial charge in [0.2, 0.25) is 0 Å². The Morgan fingerprint density at radius 2 is 1.77 bits per heavy atom. The van der Waals surface area contributed by atoms with Crippen LogP contribution in [0.2, 0.25) is 0 Å². The highest BCUT2D eigenvalue weighted by molar-refractivity contribution is 6.05. The molecule has 1 fully saturated rings. The number of rotatable bonds is 5. The molecule has 0 atom stereocenters. The minimum atomic E-state index is -0.292. The largest absolute Gasteiger partial charge is 0.459 e. The van der Waals surface area contributed by atoms with E-state index in [1.165, 1.54) is 12.5 Å². The van der Waals surface area contributed by atoms with Crippen molar-refractivity contribution >= 4 is 23.4 Å². The summed E-state index contributed by atoms with van der Waals surface area (Å²) in [7, 11) is 0. The van der Waals surface area contributed by atoms with Gasteiger partial charge in [0.1, 0.15) is 0 Å². The van der Waals surface area contributed by atoms with Crippen LogP contribution in [0.3, 0.4) is 0 Å². The van der Waals surface area contributed by atoms with Crippen molar-refractivity contribution in [2.75, 3.05) is 18.4 Å². The minimum Gasteiger partial charge on any atom is -0.459 e. The number of pyridine rings is 1. The molecule has 0 unspecified atom stereocenters. The smallest absolute Gasteiger partial charge is 0.289 e. The summed E-state index contributed by atoms with van der Waals surface area (Å²) in [6, 6.07) is 13.4. The van der Waals surface area contributed by atoms with E-state index in [-0.39, 0.29) is 23.8 Å². The van der Waals surface area contributed by atoms with Crippen molar-refractivity contribution in [3.63, 3.8) is 0 Å². The van der Waals surface area contributed by atoms with Crippen LogP contribution in [-0.4, -0.2) is 46.7 Å². The molecule has 0 aliphatic carbocycles. The number of nitrogens with zero attached hydrogens (tertiary/aromatic N) is 2. The van der Waals surface area contributed by atoms with Crippen LogP contribution < -0.4 is 10.6 Å². The van der Waals surface area contributed by atoms with Gasteiger partial charge in [0.25, 0.3) is 17.7 Å². The molecule has 158 valence electrons. The molecule has 1 saturated heterocycles. The fraction of sp³-hybridized carbons (Fsp3) is 0.217. The van der Waals surface area contributed by atoms with E-state index >= 15 is 0 Å². The average Bonchev–Trinajstić information content (AvgIpc) is 3.35. The SMILES string of the molecule is O=C(Nc1cccc(C(=O)NC2CCN(C(=O)c3ccco3)CC2)c1)c1cccnc1. The number of carbonyl (C=O) groups excluding carboxylic acids is 3. The van der Waals surface area contributed by atoms with Crippen molar-refractivity contribution in [1.29, 1.82) is 0 Å². The fourth-order valence-corrected chi connectivity index (χ4v) is 3.49. The Morgan fingerprint density at radius 3 is 2.48 bits per heavy atom. The van der Waals surface area contributed by atoms with E-state index in [0.717, 1.165) is 0 Å². The predicted molar refractivity (Wildman–Crippen MR) is 114 cm³/mol. The molecule has 2 N–H and O–H groups in total. The van der Waals surface area contributed by atoms with Crippen molar-refractivity contribution in [3.8, 4) is 0 Å². The van der Waals surface area contributed by atoms with Crippen molar-refractivity contribution in [3.05, 3.63) is 84.1 Å². The zero-order valence-electron chi connectivity index (χ0n) is 16.8. The molecule has 3 heterocycles. The van der Waals surface area contributed by atoms with Gasteiger partial charge in [-0.2, -0.15) is 0 Å². The van der Waals surface area contributed by atoms with Crippen LogP contribution in [0.1, 0.15) is 44.1 Å². The fourth-order valence-electron chi connectivity index (χ4n) is 3.49. The van der Waals surface area contributed by atoms with Gasteiger partial charge in [-0.05, 0) is 55.3 Å². The number of anilines is 1. The molecule has 31 heavy (non-hydrogen) atoms. The van der Waals surface area contributed by atoms with E-state index in [4.69, 9.17) is 4.42 Å². The van der Waals surface area contributed by atoms with Crippen molar-refractivity contribution in [2.45, 2.75) is 18.9 Å². The lowest BCUT2D eigenvalue weighted by atomic mass is 10.0. The zero-order chi connectivity index (χ0) is 21.6. The normalized spacial score (nSPS) is 14.1. The van der Waals surface area contributed by atoms with Gasteiger partial charge in [-0.15, -0.1) is 0 Å². The quantitative estimate of drug-likeness (QED) is 0.663. The maximum absolute atomic E-state index is 12.7. The van der Waals surface area contributed by atoms with Crippen molar-refractivity contribution in [2.24, 2.45) is 0 Å². The molecule has 1 aliphatic rings. The highest BCUT2D eigenvalue weighted by Gasteiger charge is 2.26. The summed E-state index contributed by atoms with van der Waals surface area (Å²) >= 11 is 0. The van der Waals surface area contributed by atoms with E-state index in [1.54, 1.807) is 59.6 Å². The molecule has 3 aromatic rings. The van der Waals surface area contributed by atoms with Crippen LogP contribution in [-0.2, 0) is 0 Å². The van der Waals surface area contributed by atoms with E-state index in [1.807, 2.05) is 0 Å². The number of likely N-dealkylation sites (tertiary alicyclic amines) is 1. The minimum absolute atomic E-state index is 0.0261. The molecular formula is C23H22N4O4. The van der Waals surface area contributed by atoms with Gasteiger partial charge in [0.05, 0.1) is 11.8 Å². The molecule has 0 bridgehead atoms. The molecule has 0 saturated carbocycles. The van der Waals surface area contributed by atoms with Gasteiger partial charge in [-0.25, -0.2) is 0 Å². The number of nitrogens with one attached hydrogen (secondary N) is 2. The number of aromatic nitrogens is 1. The number of piperidine rings is 1. The predicted octanol–water partition coefficient (Wildman–Crippen LogP) is 2.96. The molecule has 3 amide bonds. The maximum atomic E-state index is 12.7. The average molecular weight is 418 g/mol. The third-order valence-corrected chi connectivity index (χ3v) is 5.16. The Hall–Kier alpha value is -3.94. The van der Waals surface area contributed by atoms with E-state index in [9.17, 15) is 14.4 Å². The lowest BCUT2D eigenvalue weighted by molar-refractivity contribution is 0.0667. The topological polar surface area (TPSA) is 105 Å². The molecule has 8 heteroatoms. The highest BCUT2D eigenvalue weighted by Crippen LogP contribution is 2.16. The lowest BCUT2D eigenvalue weighted by Crippen LogP contribution is -2.46. The second-order valence-electron chi connectivity index (χ2n) is 7.29. The summed E-state index contributed by atoms with van der Waals surface area (Å²) in [6.07, 6.45) is 5.88. The van der Waals surface area contributed by atoms with Crippen LogP contribution in [0.4, 0.5) is 5.69 Å². The van der Waals surface area contributed by atoms with Crippen molar-refractivity contribution in [1.82, 2.24) is 15.2 Å². The van der Waals surface area contributed by atoms with Gasteiger partial charge in [0.15, 0.2) is 5.76 Å². The number of furan rings is 1. The standard InChI is InChI=1S/C23H22N4O4/c28-21(25-18-8-11-27(12-9-18)23(30)20-7-3-13-31-20)16-4-1-6-19(14-16)26-22(29)17-5-2-10-24-15-17/h1-7,10,13-15,18H,8-9,11-12H2,(H,25,28)(H,26,29). The summed E-state index contributed by atoms with van der Waals surface area (Å²) < 4.78 is 5.17. The first kappa shape index (κ1) is 20.3.